The lowest BCUT2D eigenvalue weighted by molar-refractivity contribution is -0.140. The van der Waals surface area contributed by atoms with E-state index in [0.29, 0.717) is 17.1 Å². The minimum atomic E-state index is -0.913. The molecule has 30 heavy (non-hydrogen) atoms. The van der Waals surface area contributed by atoms with Gasteiger partial charge in [0.15, 0.2) is 11.5 Å². The number of benzene rings is 1. The molecule has 0 radical (unpaired) electrons. The van der Waals surface area contributed by atoms with Gasteiger partial charge in [0.2, 0.25) is 11.6 Å². The van der Waals surface area contributed by atoms with Gasteiger partial charge in [0.1, 0.15) is 5.65 Å². The largest absolute Gasteiger partial charge is 0.493 e. The number of hydrogen-bond donors (Lipinski definition) is 1. The number of pyridine rings is 1. The average Bonchev–Trinajstić information content (AvgIpc) is 2.76. The molecule has 0 saturated heterocycles. The van der Waals surface area contributed by atoms with E-state index < -0.39 is 23.3 Å². The molecular formula is C21H22N2O7. The van der Waals surface area contributed by atoms with E-state index >= 15 is 0 Å². The van der Waals surface area contributed by atoms with Crippen LogP contribution in [0.4, 0.5) is 0 Å². The normalized spacial score (nSPS) is 11.7. The van der Waals surface area contributed by atoms with Gasteiger partial charge < -0.3 is 24.1 Å². The Morgan fingerprint density at radius 1 is 1.07 bits per heavy atom. The third-order valence-electron chi connectivity index (χ3n) is 4.81. The van der Waals surface area contributed by atoms with Crippen LogP contribution in [0.2, 0.25) is 0 Å². The molecule has 0 aliphatic carbocycles. The van der Waals surface area contributed by atoms with E-state index in [1.54, 1.807) is 30.3 Å². The van der Waals surface area contributed by atoms with Crippen LogP contribution in [0.5, 0.6) is 23.1 Å². The Hall–Kier alpha value is -3.75. The lowest BCUT2D eigenvalue weighted by Gasteiger charge is -2.22. The van der Waals surface area contributed by atoms with Crippen LogP contribution >= 0.6 is 0 Å². The van der Waals surface area contributed by atoms with Crippen molar-refractivity contribution < 1.29 is 28.8 Å². The van der Waals surface area contributed by atoms with Crippen molar-refractivity contribution >= 4 is 11.6 Å². The van der Waals surface area contributed by atoms with Gasteiger partial charge in [-0.3, -0.25) is 14.0 Å². The summed E-state index contributed by atoms with van der Waals surface area (Å²) in [5.41, 5.74) is 0.143. The van der Waals surface area contributed by atoms with Gasteiger partial charge in [-0.15, -0.1) is 0 Å². The van der Waals surface area contributed by atoms with E-state index in [1.165, 1.54) is 39.0 Å². The summed E-state index contributed by atoms with van der Waals surface area (Å²) in [6.07, 6.45) is 1.31. The molecule has 1 unspecified atom stereocenters. The van der Waals surface area contributed by atoms with Crippen LogP contribution in [-0.2, 0) is 9.53 Å². The van der Waals surface area contributed by atoms with Crippen molar-refractivity contribution in [3.8, 4) is 23.1 Å². The molecule has 158 valence electrons. The van der Waals surface area contributed by atoms with Crippen molar-refractivity contribution in [1.29, 1.82) is 0 Å². The van der Waals surface area contributed by atoms with Crippen LogP contribution in [0.1, 0.15) is 23.5 Å². The smallest absolute Gasteiger partial charge is 0.306 e. The Bertz CT molecular complexity index is 1140. The maximum absolute atomic E-state index is 13.2. The number of hydrogen-bond acceptors (Lipinski definition) is 8. The molecule has 2 aromatic heterocycles. The summed E-state index contributed by atoms with van der Waals surface area (Å²) in [5, 5.41) is 10.6. The zero-order valence-electron chi connectivity index (χ0n) is 17.0. The summed E-state index contributed by atoms with van der Waals surface area (Å²) >= 11 is 0. The van der Waals surface area contributed by atoms with Crippen LogP contribution in [-0.4, -0.2) is 48.9 Å². The summed E-state index contributed by atoms with van der Waals surface area (Å²) in [4.78, 5) is 29.5. The minimum absolute atomic E-state index is 0.0605. The molecule has 0 amide bonds. The van der Waals surface area contributed by atoms with E-state index in [2.05, 4.69) is 4.98 Å². The van der Waals surface area contributed by atoms with Gasteiger partial charge in [0.05, 0.1) is 40.4 Å². The highest BCUT2D eigenvalue weighted by Crippen LogP contribution is 2.45. The van der Waals surface area contributed by atoms with E-state index in [9.17, 15) is 14.7 Å². The van der Waals surface area contributed by atoms with E-state index in [0.717, 1.165) is 0 Å². The first-order valence-electron chi connectivity index (χ1n) is 9.02. The Balaban J connectivity index is 2.33. The third kappa shape index (κ3) is 3.61. The van der Waals surface area contributed by atoms with Crippen LogP contribution in [0.15, 0.2) is 41.3 Å². The fourth-order valence-electron chi connectivity index (χ4n) is 3.41. The summed E-state index contributed by atoms with van der Waals surface area (Å²) in [5.74, 6) is -0.994. The lowest BCUT2D eigenvalue weighted by atomic mass is 9.88. The number of methoxy groups -OCH3 is 4. The maximum Gasteiger partial charge on any atom is 0.306 e. The van der Waals surface area contributed by atoms with Gasteiger partial charge in [0, 0.05) is 17.7 Å². The van der Waals surface area contributed by atoms with Crippen LogP contribution in [0, 0.1) is 0 Å². The van der Waals surface area contributed by atoms with Crippen molar-refractivity contribution in [2.45, 2.75) is 12.3 Å². The van der Waals surface area contributed by atoms with Gasteiger partial charge in [-0.05, 0) is 18.2 Å². The second-order valence-electron chi connectivity index (χ2n) is 6.34. The van der Waals surface area contributed by atoms with Crippen LogP contribution in [0.25, 0.3) is 5.65 Å². The van der Waals surface area contributed by atoms with Gasteiger partial charge >= 0.3 is 5.97 Å². The SMILES string of the molecule is COC(=O)CC(c1ccc(OC)c(OC)c1OC)c1c(O)nc2ccccn2c1=O. The monoisotopic (exact) mass is 414 g/mol. The average molecular weight is 414 g/mol. The molecule has 1 N–H and O–H groups in total. The number of ether oxygens (including phenoxy) is 4. The fraction of sp³-hybridized carbons (Fsp3) is 0.286. The zero-order valence-corrected chi connectivity index (χ0v) is 17.0. The molecule has 0 aliphatic rings. The van der Waals surface area contributed by atoms with Crippen molar-refractivity contribution in [2.24, 2.45) is 0 Å². The number of aromatic nitrogens is 2. The zero-order chi connectivity index (χ0) is 21.8. The standard InChI is InChI=1S/C21H22N2O7/c1-27-14-9-8-12(18(29-3)19(14)30-4)13(11-16(24)28-2)17-20(25)22-15-7-5-6-10-23(15)21(17)26/h5-10,13,25H,11H2,1-4H3. The van der Waals surface area contributed by atoms with Gasteiger partial charge in [-0.2, -0.15) is 4.98 Å². The molecule has 0 saturated carbocycles. The number of esters is 1. The van der Waals surface area contributed by atoms with Crippen molar-refractivity contribution in [3.63, 3.8) is 0 Å². The predicted octanol–water partition coefficient (Wildman–Crippen LogP) is 2.12. The number of aromatic hydroxyl groups is 1. The molecule has 2 heterocycles. The molecule has 9 heteroatoms. The number of rotatable bonds is 7. The quantitative estimate of drug-likeness (QED) is 0.586. The molecule has 3 aromatic rings. The third-order valence-corrected chi connectivity index (χ3v) is 4.81. The number of carbonyl (C=O) groups excluding carboxylic acids is 1. The first-order chi connectivity index (χ1) is 14.5. The van der Waals surface area contributed by atoms with Crippen molar-refractivity contribution in [2.75, 3.05) is 28.4 Å². The first kappa shape index (κ1) is 21.0. The topological polar surface area (TPSA) is 109 Å². The molecule has 0 spiro atoms. The molecule has 0 fully saturated rings. The first-order valence-corrected chi connectivity index (χ1v) is 9.02. The second-order valence-corrected chi connectivity index (χ2v) is 6.34. The Kier molecular flexibility index (Phi) is 6.10. The van der Waals surface area contributed by atoms with Crippen molar-refractivity contribution in [1.82, 2.24) is 9.38 Å². The van der Waals surface area contributed by atoms with E-state index in [-0.39, 0.29) is 23.4 Å². The molecule has 0 bridgehead atoms. The second kappa shape index (κ2) is 8.73. The van der Waals surface area contributed by atoms with E-state index in [1.807, 2.05) is 0 Å². The van der Waals surface area contributed by atoms with Gasteiger partial charge in [-0.1, -0.05) is 12.1 Å². The fourth-order valence-corrected chi connectivity index (χ4v) is 3.41. The van der Waals surface area contributed by atoms with Crippen LogP contribution in [0.3, 0.4) is 0 Å². The Labute approximate surface area is 172 Å². The minimum Gasteiger partial charge on any atom is -0.493 e. The highest BCUT2D eigenvalue weighted by atomic mass is 16.5. The number of nitrogens with zero attached hydrogens (tertiary/aromatic N) is 2. The molecule has 9 nitrogen and oxygen atoms in total. The Morgan fingerprint density at radius 3 is 2.43 bits per heavy atom. The van der Waals surface area contributed by atoms with Crippen LogP contribution < -0.4 is 19.8 Å². The summed E-state index contributed by atoms with van der Waals surface area (Å²) in [6, 6.07) is 8.24. The van der Waals surface area contributed by atoms with Gasteiger partial charge in [-0.25, -0.2) is 0 Å². The molecule has 1 atom stereocenters. The highest BCUT2D eigenvalue weighted by molar-refractivity contribution is 5.72. The highest BCUT2D eigenvalue weighted by Gasteiger charge is 2.31. The summed E-state index contributed by atoms with van der Waals surface area (Å²) in [7, 11) is 5.61. The molecule has 0 aliphatic heterocycles. The molecule has 1 aromatic carbocycles. The maximum atomic E-state index is 13.2. The number of fused-ring (bicyclic) bond motifs is 1. The molecule has 3 rings (SSSR count). The Morgan fingerprint density at radius 2 is 1.80 bits per heavy atom. The lowest BCUT2D eigenvalue weighted by Crippen LogP contribution is -2.24. The predicted molar refractivity (Wildman–Crippen MR) is 108 cm³/mol. The van der Waals surface area contributed by atoms with E-state index in [4.69, 9.17) is 18.9 Å². The molecular weight excluding hydrogens is 392 g/mol. The summed E-state index contributed by atoms with van der Waals surface area (Å²) in [6.45, 7) is 0. The number of carbonyl (C=O) groups is 1. The summed E-state index contributed by atoms with van der Waals surface area (Å²) < 4.78 is 22.4. The van der Waals surface area contributed by atoms with Crippen molar-refractivity contribution in [3.05, 3.63) is 58.0 Å². The van der Waals surface area contributed by atoms with Gasteiger partial charge in [0.25, 0.3) is 5.56 Å².